The third kappa shape index (κ3) is 5.27. The zero-order valence-electron chi connectivity index (χ0n) is 13.5. The maximum absolute atomic E-state index is 12.9. The molecule has 0 unspecified atom stereocenters. The molecular weight excluding hydrogens is 402 g/mol. The predicted molar refractivity (Wildman–Crippen MR) is 96.1 cm³/mol. The van der Waals surface area contributed by atoms with Crippen molar-refractivity contribution in [2.24, 2.45) is 0 Å². The first-order valence-electron chi connectivity index (χ1n) is 7.48. The van der Waals surface area contributed by atoms with Crippen LogP contribution in [0.4, 0.5) is 22.7 Å². The van der Waals surface area contributed by atoms with Crippen LogP contribution in [0.5, 0.6) is 0 Å². The van der Waals surface area contributed by atoms with Crippen LogP contribution in [0.1, 0.15) is 5.56 Å². The van der Waals surface area contributed by atoms with Crippen molar-refractivity contribution < 1.29 is 22.4 Å². The first-order chi connectivity index (χ1) is 12.8. The number of thioether (sulfide) groups is 1. The first-order valence-corrected chi connectivity index (χ1v) is 9.35. The average molecular weight is 413 g/mol. The zero-order chi connectivity index (χ0) is 19.4. The van der Waals surface area contributed by atoms with Crippen LogP contribution in [0.2, 0.25) is 0 Å². The van der Waals surface area contributed by atoms with E-state index < -0.39 is 11.7 Å². The van der Waals surface area contributed by atoms with Crippen LogP contribution >= 0.6 is 23.1 Å². The molecular formula is C17H11F4N3OS2. The standard InChI is InChI=1S/C17H11F4N3OS2/c18-12-4-1-10(2-5-12)13-8-27-16(23-13)24-14(25)9-26-15-6-3-11(7-22-15)17(19,20)21/h1-8H,9H2,(H,23,24,25). The Balaban J connectivity index is 1.54. The molecule has 4 nitrogen and oxygen atoms in total. The highest BCUT2D eigenvalue weighted by Gasteiger charge is 2.30. The minimum atomic E-state index is -4.44. The first kappa shape index (κ1) is 19.3. The molecule has 1 N–H and O–H groups in total. The third-order valence-electron chi connectivity index (χ3n) is 3.31. The molecule has 0 aliphatic rings. The van der Waals surface area contributed by atoms with Gasteiger partial charge in [0.05, 0.1) is 22.0 Å². The van der Waals surface area contributed by atoms with Crippen LogP contribution in [-0.2, 0) is 11.0 Å². The van der Waals surface area contributed by atoms with Gasteiger partial charge in [-0.1, -0.05) is 11.8 Å². The molecule has 1 amide bonds. The number of amides is 1. The van der Waals surface area contributed by atoms with E-state index in [1.165, 1.54) is 29.5 Å². The van der Waals surface area contributed by atoms with E-state index in [0.717, 1.165) is 29.6 Å². The molecule has 0 aliphatic carbocycles. The van der Waals surface area contributed by atoms with Crippen LogP contribution in [0.25, 0.3) is 11.3 Å². The summed E-state index contributed by atoms with van der Waals surface area (Å²) in [5.74, 6) is -0.734. The van der Waals surface area contributed by atoms with Gasteiger partial charge in [0.15, 0.2) is 5.13 Å². The SMILES string of the molecule is O=C(CSc1ccc(C(F)(F)F)cn1)Nc1nc(-c2ccc(F)cc2)cs1. The van der Waals surface area contributed by atoms with Crippen molar-refractivity contribution >= 4 is 34.1 Å². The van der Waals surface area contributed by atoms with Gasteiger partial charge in [-0.25, -0.2) is 14.4 Å². The number of hydrogen-bond donors (Lipinski definition) is 1. The summed E-state index contributed by atoms with van der Waals surface area (Å²) in [5, 5.41) is 5.03. The number of halogens is 4. The van der Waals surface area contributed by atoms with Crippen LogP contribution in [0, 0.1) is 5.82 Å². The quantitative estimate of drug-likeness (QED) is 0.467. The van der Waals surface area contributed by atoms with E-state index in [-0.39, 0.29) is 17.5 Å². The van der Waals surface area contributed by atoms with Gasteiger partial charge in [-0.05, 0) is 36.4 Å². The molecule has 2 heterocycles. The summed E-state index contributed by atoms with van der Waals surface area (Å²) >= 11 is 2.23. The minimum Gasteiger partial charge on any atom is -0.301 e. The lowest BCUT2D eigenvalue weighted by atomic mass is 10.2. The fourth-order valence-corrected chi connectivity index (χ4v) is 3.39. The average Bonchev–Trinajstić information content (AvgIpc) is 3.08. The van der Waals surface area contributed by atoms with E-state index in [9.17, 15) is 22.4 Å². The van der Waals surface area contributed by atoms with Gasteiger partial charge in [0.1, 0.15) is 5.82 Å². The molecule has 0 saturated carbocycles. The van der Waals surface area contributed by atoms with E-state index in [1.54, 1.807) is 17.5 Å². The molecule has 3 aromatic rings. The van der Waals surface area contributed by atoms with E-state index in [0.29, 0.717) is 15.9 Å². The normalized spacial score (nSPS) is 11.4. The van der Waals surface area contributed by atoms with Gasteiger partial charge in [0, 0.05) is 17.1 Å². The Morgan fingerprint density at radius 2 is 1.89 bits per heavy atom. The molecule has 0 fully saturated rings. The van der Waals surface area contributed by atoms with Crippen molar-refractivity contribution in [3.8, 4) is 11.3 Å². The third-order valence-corrected chi connectivity index (χ3v) is 5.01. The molecule has 0 radical (unpaired) electrons. The Hall–Kier alpha value is -2.46. The second-order valence-corrected chi connectivity index (χ2v) is 7.12. The van der Waals surface area contributed by atoms with Crippen molar-refractivity contribution in [1.82, 2.24) is 9.97 Å². The number of carbonyl (C=O) groups excluding carboxylic acids is 1. The number of rotatable bonds is 5. The number of hydrogen-bond acceptors (Lipinski definition) is 5. The Morgan fingerprint density at radius 3 is 2.52 bits per heavy atom. The van der Waals surface area contributed by atoms with Gasteiger partial charge in [0.25, 0.3) is 0 Å². The van der Waals surface area contributed by atoms with E-state index in [1.807, 2.05) is 0 Å². The summed E-state index contributed by atoms with van der Waals surface area (Å²) in [7, 11) is 0. The monoisotopic (exact) mass is 413 g/mol. The number of nitrogens with one attached hydrogen (secondary N) is 1. The van der Waals surface area contributed by atoms with Crippen LogP contribution in [-0.4, -0.2) is 21.6 Å². The summed E-state index contributed by atoms with van der Waals surface area (Å²) in [6, 6.07) is 7.95. The molecule has 0 bridgehead atoms. The van der Waals surface area contributed by atoms with E-state index in [4.69, 9.17) is 0 Å². The number of benzene rings is 1. The Morgan fingerprint density at radius 1 is 1.15 bits per heavy atom. The second-order valence-electron chi connectivity index (χ2n) is 5.26. The second kappa shape index (κ2) is 8.05. The predicted octanol–water partition coefficient (Wildman–Crippen LogP) is 5.09. The van der Waals surface area contributed by atoms with Crippen molar-refractivity contribution in [2.45, 2.75) is 11.2 Å². The summed E-state index contributed by atoms with van der Waals surface area (Å²) in [4.78, 5) is 19.9. The van der Waals surface area contributed by atoms with E-state index >= 15 is 0 Å². The Bertz CT molecular complexity index is 925. The molecule has 10 heteroatoms. The fourth-order valence-electron chi connectivity index (χ4n) is 2.01. The number of alkyl halides is 3. The molecule has 0 atom stereocenters. The maximum atomic E-state index is 12.9. The highest BCUT2D eigenvalue weighted by atomic mass is 32.2. The van der Waals surface area contributed by atoms with Gasteiger partial charge in [-0.2, -0.15) is 13.2 Å². The number of aromatic nitrogens is 2. The molecule has 0 spiro atoms. The molecule has 0 saturated heterocycles. The summed E-state index contributed by atoms with van der Waals surface area (Å²) in [5.41, 5.74) is 0.483. The topological polar surface area (TPSA) is 54.9 Å². The number of pyridine rings is 1. The highest BCUT2D eigenvalue weighted by molar-refractivity contribution is 7.99. The lowest BCUT2D eigenvalue weighted by Gasteiger charge is -2.06. The molecule has 3 rings (SSSR count). The molecule has 2 aromatic heterocycles. The summed E-state index contributed by atoms with van der Waals surface area (Å²) < 4.78 is 50.4. The van der Waals surface area contributed by atoms with Gasteiger partial charge >= 0.3 is 6.18 Å². The number of anilines is 1. The van der Waals surface area contributed by atoms with Crippen molar-refractivity contribution in [1.29, 1.82) is 0 Å². The number of nitrogens with zero attached hydrogens (tertiary/aromatic N) is 2. The molecule has 140 valence electrons. The summed E-state index contributed by atoms with van der Waals surface area (Å²) in [6.45, 7) is 0. The van der Waals surface area contributed by atoms with Crippen molar-refractivity contribution in [3.63, 3.8) is 0 Å². The largest absolute Gasteiger partial charge is 0.417 e. The lowest BCUT2D eigenvalue weighted by molar-refractivity contribution is -0.137. The smallest absolute Gasteiger partial charge is 0.301 e. The van der Waals surface area contributed by atoms with E-state index in [2.05, 4.69) is 15.3 Å². The van der Waals surface area contributed by atoms with Crippen LogP contribution in [0.15, 0.2) is 53.0 Å². The number of carbonyl (C=O) groups is 1. The molecule has 27 heavy (non-hydrogen) atoms. The van der Waals surface area contributed by atoms with Crippen molar-refractivity contribution in [2.75, 3.05) is 11.1 Å². The maximum Gasteiger partial charge on any atom is 0.417 e. The van der Waals surface area contributed by atoms with Gasteiger partial charge < -0.3 is 5.32 Å². The Labute approximate surface area is 159 Å². The molecule has 1 aromatic carbocycles. The lowest BCUT2D eigenvalue weighted by Crippen LogP contribution is -2.14. The molecule has 0 aliphatic heterocycles. The highest BCUT2D eigenvalue weighted by Crippen LogP contribution is 2.30. The van der Waals surface area contributed by atoms with Crippen LogP contribution < -0.4 is 5.32 Å². The zero-order valence-corrected chi connectivity index (χ0v) is 15.1. The van der Waals surface area contributed by atoms with Gasteiger partial charge in [-0.3, -0.25) is 4.79 Å². The van der Waals surface area contributed by atoms with Gasteiger partial charge in [-0.15, -0.1) is 11.3 Å². The van der Waals surface area contributed by atoms with Crippen LogP contribution in [0.3, 0.4) is 0 Å². The van der Waals surface area contributed by atoms with Gasteiger partial charge in [0.2, 0.25) is 5.91 Å². The number of thiazole rings is 1. The minimum absolute atomic E-state index is 0.0240. The fraction of sp³-hybridized carbons (Fsp3) is 0.118. The summed E-state index contributed by atoms with van der Waals surface area (Å²) in [6.07, 6.45) is -3.71. The van der Waals surface area contributed by atoms with Crippen molar-refractivity contribution in [3.05, 3.63) is 59.4 Å². The Kier molecular flexibility index (Phi) is 5.76.